The fraction of sp³-hybridized carbons (Fsp3) is 0.308. The third-order valence-corrected chi connectivity index (χ3v) is 2.41. The Morgan fingerprint density at radius 2 is 1.90 bits per heavy atom. The quantitative estimate of drug-likeness (QED) is 0.832. The van der Waals surface area contributed by atoms with Crippen LogP contribution in [0.2, 0.25) is 0 Å². The SMILES string of the molecule is CCCOc1nc(N)nc(Nc2ccc(OC)cc2)n1. The van der Waals surface area contributed by atoms with Crippen molar-refractivity contribution < 1.29 is 9.47 Å². The fourth-order valence-corrected chi connectivity index (χ4v) is 1.49. The highest BCUT2D eigenvalue weighted by atomic mass is 16.5. The molecule has 0 aliphatic carbocycles. The maximum Gasteiger partial charge on any atom is 0.323 e. The number of nitrogens with two attached hydrogens (primary N) is 1. The highest BCUT2D eigenvalue weighted by Gasteiger charge is 2.05. The number of methoxy groups -OCH3 is 1. The number of anilines is 3. The Balaban J connectivity index is 2.12. The highest BCUT2D eigenvalue weighted by molar-refractivity contribution is 5.55. The van der Waals surface area contributed by atoms with Gasteiger partial charge in [0.05, 0.1) is 13.7 Å². The summed E-state index contributed by atoms with van der Waals surface area (Å²) in [6, 6.07) is 7.59. The van der Waals surface area contributed by atoms with E-state index in [1.54, 1.807) is 7.11 Å². The molecule has 1 aromatic heterocycles. The molecule has 0 saturated carbocycles. The zero-order valence-corrected chi connectivity index (χ0v) is 11.5. The van der Waals surface area contributed by atoms with Crippen molar-refractivity contribution in [2.24, 2.45) is 0 Å². The number of aromatic nitrogens is 3. The summed E-state index contributed by atoms with van der Waals surface area (Å²) in [5.41, 5.74) is 6.45. The standard InChI is InChI=1S/C13H17N5O2/c1-3-8-20-13-17-11(14)16-12(18-13)15-9-4-6-10(19-2)7-5-9/h4-7H,3,8H2,1-2H3,(H3,14,15,16,17,18). The van der Waals surface area contributed by atoms with E-state index in [0.717, 1.165) is 17.9 Å². The van der Waals surface area contributed by atoms with Crippen LogP contribution in [-0.2, 0) is 0 Å². The Kier molecular flexibility index (Phi) is 4.54. The van der Waals surface area contributed by atoms with Crippen LogP contribution in [0.25, 0.3) is 0 Å². The summed E-state index contributed by atoms with van der Waals surface area (Å²) in [7, 11) is 1.62. The van der Waals surface area contributed by atoms with E-state index in [1.807, 2.05) is 31.2 Å². The second-order valence-electron chi connectivity index (χ2n) is 4.00. The Hall–Kier alpha value is -2.57. The van der Waals surface area contributed by atoms with Crippen molar-refractivity contribution >= 4 is 17.6 Å². The van der Waals surface area contributed by atoms with Crippen LogP contribution in [-0.4, -0.2) is 28.7 Å². The summed E-state index contributed by atoms with van der Waals surface area (Å²) in [5, 5.41) is 3.04. The Bertz CT molecular complexity index is 559. The molecule has 0 aliphatic rings. The number of ether oxygens (including phenoxy) is 2. The normalized spacial score (nSPS) is 10.1. The Morgan fingerprint density at radius 1 is 1.15 bits per heavy atom. The maximum absolute atomic E-state index is 5.63. The van der Waals surface area contributed by atoms with Crippen LogP contribution < -0.4 is 20.5 Å². The first kappa shape index (κ1) is 13.9. The predicted octanol–water partition coefficient (Wildman–Crippen LogP) is 1.99. The minimum atomic E-state index is 0.113. The molecule has 20 heavy (non-hydrogen) atoms. The molecule has 7 heteroatoms. The lowest BCUT2D eigenvalue weighted by Gasteiger charge is -2.08. The molecule has 0 fully saturated rings. The number of rotatable bonds is 6. The highest BCUT2D eigenvalue weighted by Crippen LogP contribution is 2.19. The first-order valence-electron chi connectivity index (χ1n) is 6.26. The van der Waals surface area contributed by atoms with Crippen LogP contribution in [0.15, 0.2) is 24.3 Å². The molecule has 1 aromatic carbocycles. The van der Waals surface area contributed by atoms with E-state index in [4.69, 9.17) is 15.2 Å². The van der Waals surface area contributed by atoms with Crippen LogP contribution in [0.3, 0.4) is 0 Å². The van der Waals surface area contributed by atoms with Gasteiger partial charge in [0.25, 0.3) is 0 Å². The third-order valence-electron chi connectivity index (χ3n) is 2.41. The van der Waals surface area contributed by atoms with E-state index in [-0.39, 0.29) is 12.0 Å². The van der Waals surface area contributed by atoms with Gasteiger partial charge in [-0.1, -0.05) is 6.92 Å². The molecule has 1 heterocycles. The number of nitrogen functional groups attached to an aromatic ring is 1. The molecule has 0 spiro atoms. The van der Waals surface area contributed by atoms with Gasteiger partial charge in [-0.2, -0.15) is 15.0 Å². The average Bonchev–Trinajstić information content (AvgIpc) is 2.45. The lowest BCUT2D eigenvalue weighted by molar-refractivity contribution is 0.292. The van der Waals surface area contributed by atoms with Gasteiger partial charge in [0.1, 0.15) is 5.75 Å². The summed E-state index contributed by atoms with van der Waals surface area (Å²) >= 11 is 0. The van der Waals surface area contributed by atoms with E-state index in [2.05, 4.69) is 20.3 Å². The van der Waals surface area contributed by atoms with Gasteiger partial charge in [0.15, 0.2) is 0 Å². The molecular formula is C13H17N5O2. The zero-order chi connectivity index (χ0) is 14.4. The van der Waals surface area contributed by atoms with E-state index in [0.29, 0.717) is 12.6 Å². The second kappa shape index (κ2) is 6.55. The van der Waals surface area contributed by atoms with Crippen LogP contribution in [0.4, 0.5) is 17.6 Å². The molecule has 0 atom stereocenters. The fourth-order valence-electron chi connectivity index (χ4n) is 1.49. The monoisotopic (exact) mass is 275 g/mol. The second-order valence-corrected chi connectivity index (χ2v) is 4.00. The molecule has 0 amide bonds. The first-order chi connectivity index (χ1) is 9.71. The lowest BCUT2D eigenvalue weighted by Crippen LogP contribution is -2.07. The minimum Gasteiger partial charge on any atom is -0.497 e. The van der Waals surface area contributed by atoms with Crippen LogP contribution >= 0.6 is 0 Å². The lowest BCUT2D eigenvalue weighted by atomic mass is 10.3. The number of nitrogens with one attached hydrogen (secondary N) is 1. The van der Waals surface area contributed by atoms with Gasteiger partial charge < -0.3 is 20.5 Å². The minimum absolute atomic E-state index is 0.113. The van der Waals surface area contributed by atoms with Gasteiger partial charge in [-0.05, 0) is 30.7 Å². The number of hydrogen-bond acceptors (Lipinski definition) is 7. The largest absolute Gasteiger partial charge is 0.497 e. The molecule has 0 aliphatic heterocycles. The topological polar surface area (TPSA) is 95.2 Å². The van der Waals surface area contributed by atoms with Crippen LogP contribution in [0.5, 0.6) is 11.8 Å². The van der Waals surface area contributed by atoms with Crippen molar-refractivity contribution in [1.29, 1.82) is 0 Å². The summed E-state index contributed by atoms with van der Waals surface area (Å²) in [6.45, 7) is 2.53. The van der Waals surface area contributed by atoms with Gasteiger partial charge in [-0.15, -0.1) is 0 Å². The van der Waals surface area contributed by atoms with Gasteiger partial charge >= 0.3 is 6.01 Å². The van der Waals surface area contributed by atoms with Gasteiger partial charge in [-0.3, -0.25) is 0 Å². The summed E-state index contributed by atoms with van der Waals surface area (Å²) < 4.78 is 10.4. The van der Waals surface area contributed by atoms with Crippen molar-refractivity contribution in [1.82, 2.24) is 15.0 Å². The molecule has 7 nitrogen and oxygen atoms in total. The summed E-state index contributed by atoms with van der Waals surface area (Å²) in [5.74, 6) is 1.23. The van der Waals surface area contributed by atoms with Crippen molar-refractivity contribution in [2.45, 2.75) is 13.3 Å². The van der Waals surface area contributed by atoms with Crippen molar-refractivity contribution in [3.63, 3.8) is 0 Å². The molecule has 0 bridgehead atoms. The van der Waals surface area contributed by atoms with Crippen LogP contribution in [0, 0.1) is 0 Å². The Morgan fingerprint density at radius 3 is 2.55 bits per heavy atom. The van der Waals surface area contributed by atoms with Gasteiger partial charge in [0, 0.05) is 5.69 Å². The van der Waals surface area contributed by atoms with Crippen molar-refractivity contribution in [2.75, 3.05) is 24.8 Å². The maximum atomic E-state index is 5.63. The van der Waals surface area contributed by atoms with Gasteiger partial charge in [0.2, 0.25) is 11.9 Å². The van der Waals surface area contributed by atoms with Crippen LogP contribution in [0.1, 0.15) is 13.3 Å². The van der Waals surface area contributed by atoms with Crippen molar-refractivity contribution in [3.05, 3.63) is 24.3 Å². The van der Waals surface area contributed by atoms with Crippen molar-refractivity contribution in [3.8, 4) is 11.8 Å². The molecule has 3 N–H and O–H groups in total. The molecule has 0 unspecified atom stereocenters. The molecule has 2 rings (SSSR count). The molecule has 0 radical (unpaired) electrons. The van der Waals surface area contributed by atoms with E-state index in [1.165, 1.54) is 0 Å². The molecule has 106 valence electrons. The number of nitrogens with zero attached hydrogens (tertiary/aromatic N) is 3. The van der Waals surface area contributed by atoms with Gasteiger partial charge in [-0.25, -0.2) is 0 Å². The smallest absolute Gasteiger partial charge is 0.323 e. The summed E-state index contributed by atoms with van der Waals surface area (Å²) in [6.07, 6.45) is 0.868. The molecule has 0 saturated heterocycles. The predicted molar refractivity (Wildman–Crippen MR) is 76.3 cm³/mol. The molecule has 2 aromatic rings. The van der Waals surface area contributed by atoms with E-state index < -0.39 is 0 Å². The molecular weight excluding hydrogens is 258 g/mol. The van der Waals surface area contributed by atoms with E-state index in [9.17, 15) is 0 Å². The number of benzene rings is 1. The van der Waals surface area contributed by atoms with E-state index >= 15 is 0 Å². The number of hydrogen-bond donors (Lipinski definition) is 2. The zero-order valence-electron chi connectivity index (χ0n) is 11.5. The first-order valence-corrected chi connectivity index (χ1v) is 6.26. The Labute approximate surface area is 117 Å². The average molecular weight is 275 g/mol. The summed E-state index contributed by atoms with van der Waals surface area (Å²) in [4.78, 5) is 12.1. The third kappa shape index (κ3) is 3.71.